The third-order valence-corrected chi connectivity index (χ3v) is 4.68. The monoisotopic (exact) mass is 455 g/mol. The van der Waals surface area contributed by atoms with Crippen molar-refractivity contribution in [1.82, 2.24) is 5.43 Å². The molecule has 0 radical (unpaired) electrons. The van der Waals surface area contributed by atoms with Crippen molar-refractivity contribution in [1.29, 1.82) is 0 Å². The van der Waals surface area contributed by atoms with E-state index >= 15 is 0 Å². The van der Waals surface area contributed by atoms with Crippen LogP contribution < -0.4 is 15.5 Å². The van der Waals surface area contributed by atoms with Crippen molar-refractivity contribution in [2.75, 3.05) is 5.32 Å². The molecule has 6 nitrogen and oxygen atoms in total. The summed E-state index contributed by atoms with van der Waals surface area (Å²) in [6, 6.07) is 19.7. The molecule has 2 N–H and O–H groups in total. The highest BCUT2D eigenvalue weighted by molar-refractivity contribution is 6.40. The molecule has 158 valence electrons. The topological polar surface area (TPSA) is 79.8 Å². The molecular weight excluding hydrogens is 437 g/mol. The molecule has 8 heteroatoms. The molecule has 0 heterocycles. The van der Waals surface area contributed by atoms with Gasteiger partial charge in [0, 0.05) is 15.7 Å². The van der Waals surface area contributed by atoms with E-state index in [9.17, 15) is 9.59 Å². The molecule has 0 bridgehead atoms. The minimum atomic E-state index is -0.925. The van der Waals surface area contributed by atoms with Crippen molar-refractivity contribution in [3.63, 3.8) is 0 Å². The summed E-state index contributed by atoms with van der Waals surface area (Å²) in [5.41, 5.74) is 5.50. The zero-order valence-electron chi connectivity index (χ0n) is 16.6. The number of anilines is 1. The highest BCUT2D eigenvalue weighted by Gasteiger charge is 2.13. The van der Waals surface area contributed by atoms with Crippen LogP contribution in [0.3, 0.4) is 0 Å². The predicted molar refractivity (Wildman–Crippen MR) is 123 cm³/mol. The van der Waals surface area contributed by atoms with E-state index in [1.54, 1.807) is 24.3 Å². The quantitative estimate of drug-likeness (QED) is 0.312. The van der Waals surface area contributed by atoms with Crippen LogP contribution >= 0.6 is 23.2 Å². The van der Waals surface area contributed by atoms with Crippen molar-refractivity contribution in [2.24, 2.45) is 5.10 Å². The summed E-state index contributed by atoms with van der Waals surface area (Å²) in [4.78, 5) is 23.8. The molecule has 0 fully saturated rings. The van der Waals surface area contributed by atoms with Crippen LogP contribution in [0.15, 0.2) is 71.8 Å². The number of halogens is 2. The van der Waals surface area contributed by atoms with E-state index in [-0.39, 0.29) is 0 Å². The van der Waals surface area contributed by atoms with E-state index in [0.29, 0.717) is 28.1 Å². The number of ether oxygens (including phenoxy) is 1. The normalized spacial score (nSPS) is 10.7. The Morgan fingerprint density at radius 3 is 2.32 bits per heavy atom. The predicted octanol–water partition coefficient (Wildman–Crippen LogP) is 4.97. The van der Waals surface area contributed by atoms with E-state index in [4.69, 9.17) is 27.9 Å². The number of amides is 2. The number of carbonyl (C=O) groups is 2. The smallest absolute Gasteiger partial charge is 0.329 e. The van der Waals surface area contributed by atoms with Gasteiger partial charge in [-0.25, -0.2) is 5.43 Å². The first kappa shape index (κ1) is 22.3. The summed E-state index contributed by atoms with van der Waals surface area (Å²) in [6.45, 7) is 2.51. The number of nitrogens with zero attached hydrogens (tertiary/aromatic N) is 1. The average molecular weight is 456 g/mol. The van der Waals surface area contributed by atoms with Gasteiger partial charge in [-0.3, -0.25) is 9.59 Å². The largest absolute Gasteiger partial charge is 0.489 e. The summed E-state index contributed by atoms with van der Waals surface area (Å²) in [7, 11) is 0. The lowest BCUT2D eigenvalue weighted by atomic mass is 10.1. The first-order valence-corrected chi connectivity index (χ1v) is 10.0. The van der Waals surface area contributed by atoms with E-state index < -0.39 is 11.8 Å². The molecule has 0 saturated carbocycles. The molecular formula is C23H19Cl2N3O3. The lowest BCUT2D eigenvalue weighted by Crippen LogP contribution is -2.32. The molecule has 31 heavy (non-hydrogen) atoms. The van der Waals surface area contributed by atoms with Gasteiger partial charge in [0.15, 0.2) is 0 Å². The highest BCUT2D eigenvalue weighted by Crippen LogP contribution is 2.22. The number of hydrogen-bond acceptors (Lipinski definition) is 4. The lowest BCUT2D eigenvalue weighted by Gasteiger charge is -2.08. The first-order valence-electron chi connectivity index (χ1n) is 9.28. The van der Waals surface area contributed by atoms with Gasteiger partial charge in [0.2, 0.25) is 0 Å². The van der Waals surface area contributed by atoms with Crippen LogP contribution in [0.1, 0.15) is 16.7 Å². The summed E-state index contributed by atoms with van der Waals surface area (Å²) in [6.07, 6.45) is 1.42. The van der Waals surface area contributed by atoms with Crippen molar-refractivity contribution in [2.45, 2.75) is 13.5 Å². The highest BCUT2D eigenvalue weighted by atomic mass is 35.5. The Kier molecular flexibility index (Phi) is 7.65. The van der Waals surface area contributed by atoms with Crippen molar-refractivity contribution in [3.05, 3.63) is 93.5 Å². The maximum atomic E-state index is 11.9. The maximum Gasteiger partial charge on any atom is 0.329 e. The molecule has 3 aromatic carbocycles. The van der Waals surface area contributed by atoms with Crippen LogP contribution in [0.4, 0.5) is 5.69 Å². The number of nitrogens with one attached hydrogen (secondary N) is 2. The first-order chi connectivity index (χ1) is 14.9. The minimum Gasteiger partial charge on any atom is -0.489 e. The molecule has 0 aliphatic carbocycles. The number of hydrogen-bond donors (Lipinski definition) is 2. The molecule has 0 aromatic heterocycles. The molecule has 0 unspecified atom stereocenters. The van der Waals surface area contributed by atoms with Crippen LogP contribution in [0.2, 0.25) is 10.0 Å². The number of aryl methyl sites for hydroxylation is 1. The molecule has 0 spiro atoms. The Morgan fingerprint density at radius 1 is 0.968 bits per heavy atom. The van der Waals surface area contributed by atoms with Gasteiger partial charge in [-0.15, -0.1) is 0 Å². The second-order valence-electron chi connectivity index (χ2n) is 6.60. The third kappa shape index (κ3) is 6.84. The van der Waals surface area contributed by atoms with Crippen molar-refractivity contribution >= 4 is 46.9 Å². The zero-order chi connectivity index (χ0) is 22.2. The standard InChI is InChI=1S/C23H19Cl2N3O3/c1-15-4-2-3-5-17(15)14-31-21-8-6-16(7-9-21)13-26-28-23(30)22(29)27-20-11-18(24)10-19(25)12-20/h2-13H,14H2,1H3,(H,27,29)(H,28,30)/b26-13+. The van der Waals surface area contributed by atoms with E-state index in [0.717, 1.165) is 11.1 Å². The molecule has 0 atom stereocenters. The molecule has 0 aliphatic heterocycles. The third-order valence-electron chi connectivity index (χ3n) is 4.24. The van der Waals surface area contributed by atoms with Gasteiger partial charge in [-0.05, 0) is 66.1 Å². The van der Waals surface area contributed by atoms with Crippen LogP contribution in [0.25, 0.3) is 0 Å². The fourth-order valence-corrected chi connectivity index (χ4v) is 3.14. The second kappa shape index (κ2) is 10.6. The fourth-order valence-electron chi connectivity index (χ4n) is 2.61. The van der Waals surface area contributed by atoms with E-state index in [2.05, 4.69) is 15.8 Å². The van der Waals surface area contributed by atoms with E-state index in [1.807, 2.05) is 31.2 Å². The fraction of sp³-hybridized carbons (Fsp3) is 0.0870. The Morgan fingerprint density at radius 2 is 1.65 bits per heavy atom. The Balaban J connectivity index is 1.49. The average Bonchev–Trinajstić information content (AvgIpc) is 2.73. The molecule has 3 aromatic rings. The van der Waals surface area contributed by atoms with Gasteiger partial charge in [0.25, 0.3) is 0 Å². The zero-order valence-corrected chi connectivity index (χ0v) is 18.1. The van der Waals surface area contributed by atoms with Gasteiger partial charge in [-0.1, -0.05) is 47.5 Å². The number of carbonyl (C=O) groups excluding carboxylic acids is 2. The summed E-state index contributed by atoms with van der Waals surface area (Å²) in [5, 5.41) is 6.88. The lowest BCUT2D eigenvalue weighted by molar-refractivity contribution is -0.136. The van der Waals surface area contributed by atoms with Gasteiger partial charge in [0.1, 0.15) is 12.4 Å². The molecule has 0 aliphatic rings. The van der Waals surface area contributed by atoms with Gasteiger partial charge >= 0.3 is 11.8 Å². The Hall–Kier alpha value is -3.35. The van der Waals surface area contributed by atoms with Crippen LogP contribution in [0.5, 0.6) is 5.75 Å². The minimum absolute atomic E-state index is 0.308. The van der Waals surface area contributed by atoms with Gasteiger partial charge < -0.3 is 10.1 Å². The Labute approximate surface area is 189 Å². The molecule has 3 rings (SSSR count). The van der Waals surface area contributed by atoms with Crippen LogP contribution in [0, 0.1) is 6.92 Å². The van der Waals surface area contributed by atoms with Crippen molar-refractivity contribution < 1.29 is 14.3 Å². The van der Waals surface area contributed by atoms with Crippen LogP contribution in [-0.4, -0.2) is 18.0 Å². The molecule has 0 saturated heterocycles. The van der Waals surface area contributed by atoms with Crippen LogP contribution in [-0.2, 0) is 16.2 Å². The Bertz CT molecular complexity index is 1100. The van der Waals surface area contributed by atoms with Crippen molar-refractivity contribution in [3.8, 4) is 5.75 Å². The number of benzene rings is 3. The summed E-state index contributed by atoms with van der Waals surface area (Å²) >= 11 is 11.7. The summed E-state index contributed by atoms with van der Waals surface area (Å²) in [5.74, 6) is -1.11. The second-order valence-corrected chi connectivity index (χ2v) is 7.47. The molecule has 2 amide bonds. The SMILES string of the molecule is Cc1ccccc1COc1ccc(/C=N/NC(=O)C(=O)Nc2cc(Cl)cc(Cl)c2)cc1. The van der Waals surface area contributed by atoms with Gasteiger partial charge in [0.05, 0.1) is 6.21 Å². The van der Waals surface area contributed by atoms with Gasteiger partial charge in [-0.2, -0.15) is 5.10 Å². The van der Waals surface area contributed by atoms with E-state index in [1.165, 1.54) is 30.0 Å². The maximum absolute atomic E-state index is 11.9. The number of hydrazone groups is 1. The number of rotatable bonds is 6. The summed E-state index contributed by atoms with van der Waals surface area (Å²) < 4.78 is 5.79.